The summed E-state index contributed by atoms with van der Waals surface area (Å²) >= 11 is 0. The summed E-state index contributed by atoms with van der Waals surface area (Å²) < 4.78 is 51.3. The summed E-state index contributed by atoms with van der Waals surface area (Å²) in [5.41, 5.74) is -0.376. The number of hydrogen-bond donors (Lipinski definition) is 1. The van der Waals surface area contributed by atoms with E-state index >= 15 is 0 Å². The third-order valence-corrected chi connectivity index (χ3v) is 5.40. The number of ether oxygens (including phenoxy) is 1. The zero-order chi connectivity index (χ0) is 21.3. The van der Waals surface area contributed by atoms with Crippen molar-refractivity contribution in [2.45, 2.75) is 18.7 Å². The van der Waals surface area contributed by atoms with Gasteiger partial charge in [-0.25, -0.2) is 13.2 Å². The number of halogens is 1. The van der Waals surface area contributed by atoms with Crippen molar-refractivity contribution in [3.05, 3.63) is 63.7 Å². The Bertz CT molecular complexity index is 1230. The van der Waals surface area contributed by atoms with E-state index in [-0.39, 0.29) is 23.4 Å². The maximum absolute atomic E-state index is 13.5. The van der Waals surface area contributed by atoms with E-state index in [0.29, 0.717) is 23.3 Å². The number of nitrogens with zero attached hydrogens (tertiary/aromatic N) is 1. The monoisotopic (exact) mass is 422 g/mol. The molecule has 152 valence electrons. The molecule has 0 radical (unpaired) electrons. The summed E-state index contributed by atoms with van der Waals surface area (Å²) in [6.07, 6.45) is 0. The van der Waals surface area contributed by atoms with Crippen LogP contribution in [-0.2, 0) is 14.8 Å². The molecule has 11 heteroatoms. The number of carbonyl (C=O) groups is 1. The maximum atomic E-state index is 13.5. The number of anilines is 1. The van der Waals surface area contributed by atoms with Gasteiger partial charge in [0.25, 0.3) is 10.0 Å². The number of nitrogens with one attached hydrogen (secondary N) is 1. The Kier molecular flexibility index (Phi) is 5.25. The number of nitro benzene ring substituents is 1. The van der Waals surface area contributed by atoms with Gasteiger partial charge in [-0.3, -0.25) is 14.8 Å². The number of nitro groups is 1. The van der Waals surface area contributed by atoms with Crippen molar-refractivity contribution in [3.8, 4) is 0 Å². The molecule has 29 heavy (non-hydrogen) atoms. The van der Waals surface area contributed by atoms with Crippen LogP contribution in [0.4, 0.5) is 15.8 Å². The van der Waals surface area contributed by atoms with Crippen LogP contribution in [-0.4, -0.2) is 25.9 Å². The van der Waals surface area contributed by atoms with Crippen molar-refractivity contribution in [2.24, 2.45) is 0 Å². The first-order valence-corrected chi connectivity index (χ1v) is 9.79. The molecule has 0 fully saturated rings. The zero-order valence-electron chi connectivity index (χ0n) is 15.3. The molecule has 0 atom stereocenters. The molecule has 3 aromatic rings. The highest BCUT2D eigenvalue weighted by atomic mass is 32.2. The fourth-order valence-electron chi connectivity index (χ4n) is 2.75. The Morgan fingerprint density at radius 3 is 2.66 bits per heavy atom. The molecule has 0 aliphatic carbocycles. The fourth-order valence-corrected chi connectivity index (χ4v) is 3.82. The van der Waals surface area contributed by atoms with Gasteiger partial charge in [0, 0.05) is 17.5 Å². The summed E-state index contributed by atoms with van der Waals surface area (Å²) in [6.45, 7) is 3.43. The average molecular weight is 422 g/mol. The molecule has 0 saturated heterocycles. The van der Waals surface area contributed by atoms with Crippen molar-refractivity contribution < 1.29 is 31.7 Å². The summed E-state index contributed by atoms with van der Waals surface area (Å²) in [7, 11) is -4.24. The summed E-state index contributed by atoms with van der Waals surface area (Å²) in [4.78, 5) is 21.4. The predicted molar refractivity (Wildman–Crippen MR) is 101 cm³/mol. The lowest BCUT2D eigenvalue weighted by atomic mass is 10.1. The van der Waals surface area contributed by atoms with Gasteiger partial charge < -0.3 is 9.15 Å². The Labute approximate surface area is 164 Å². The molecule has 0 bridgehead atoms. The average Bonchev–Trinajstić information content (AvgIpc) is 2.96. The van der Waals surface area contributed by atoms with E-state index in [1.165, 1.54) is 18.2 Å². The molecule has 0 saturated carbocycles. The number of hydrogen-bond acceptors (Lipinski definition) is 7. The molecule has 9 nitrogen and oxygen atoms in total. The van der Waals surface area contributed by atoms with Crippen LogP contribution in [0.3, 0.4) is 0 Å². The Hall–Kier alpha value is -3.47. The van der Waals surface area contributed by atoms with E-state index in [1.807, 2.05) is 0 Å². The summed E-state index contributed by atoms with van der Waals surface area (Å²) in [6, 6.07) is 6.50. The number of rotatable bonds is 6. The highest BCUT2D eigenvalue weighted by Crippen LogP contribution is 2.30. The quantitative estimate of drug-likeness (QED) is 0.364. The van der Waals surface area contributed by atoms with Gasteiger partial charge in [0.1, 0.15) is 16.9 Å². The molecule has 3 rings (SSSR count). The van der Waals surface area contributed by atoms with E-state index < -0.39 is 37.3 Å². The Morgan fingerprint density at radius 2 is 2.00 bits per heavy atom. The topological polar surface area (TPSA) is 129 Å². The number of carbonyl (C=O) groups excluding carboxylic acids is 1. The lowest BCUT2D eigenvalue weighted by Gasteiger charge is -2.08. The lowest BCUT2D eigenvalue weighted by Crippen LogP contribution is -2.13. The van der Waals surface area contributed by atoms with Crippen LogP contribution >= 0.6 is 0 Å². The molecule has 2 aromatic carbocycles. The standard InChI is InChI=1S/C18H15FN2O7S/c1-3-27-18(22)17-10(2)28-16-8-11(4-6-13(16)17)20-29(25,26)12-5-7-14(19)15(9-12)21(23)24/h4-9,20H,3H2,1-2H3. The number of aryl methyl sites for hydroxylation is 1. The first-order valence-electron chi connectivity index (χ1n) is 8.31. The van der Waals surface area contributed by atoms with Crippen LogP contribution in [0, 0.1) is 22.9 Å². The van der Waals surface area contributed by atoms with E-state index in [1.54, 1.807) is 13.8 Å². The fraction of sp³-hybridized carbons (Fsp3) is 0.167. The molecule has 0 aliphatic rings. The first-order chi connectivity index (χ1) is 13.6. The Balaban J connectivity index is 1.97. The van der Waals surface area contributed by atoms with Crippen molar-refractivity contribution >= 4 is 38.3 Å². The molecule has 0 amide bonds. The van der Waals surface area contributed by atoms with Crippen LogP contribution in [0.25, 0.3) is 11.0 Å². The minimum Gasteiger partial charge on any atom is -0.462 e. The van der Waals surface area contributed by atoms with Crippen LogP contribution in [0.15, 0.2) is 45.7 Å². The normalized spacial score (nSPS) is 11.4. The number of sulfonamides is 1. The second kappa shape index (κ2) is 7.51. The van der Waals surface area contributed by atoms with E-state index in [0.717, 1.165) is 6.07 Å². The van der Waals surface area contributed by atoms with E-state index in [2.05, 4.69) is 4.72 Å². The molecule has 1 N–H and O–H groups in total. The number of fused-ring (bicyclic) bond motifs is 1. The zero-order valence-corrected chi connectivity index (χ0v) is 16.1. The predicted octanol–water partition coefficient (Wildman–Crippen LogP) is 3.77. The molecule has 1 heterocycles. The van der Waals surface area contributed by atoms with Gasteiger partial charge >= 0.3 is 11.7 Å². The molecule has 0 unspecified atom stereocenters. The number of furan rings is 1. The van der Waals surface area contributed by atoms with Gasteiger partial charge in [0.15, 0.2) is 0 Å². The lowest BCUT2D eigenvalue weighted by molar-refractivity contribution is -0.387. The van der Waals surface area contributed by atoms with E-state index in [9.17, 15) is 27.7 Å². The maximum Gasteiger partial charge on any atom is 0.342 e. The molecular weight excluding hydrogens is 407 g/mol. The molecule has 1 aromatic heterocycles. The molecule has 0 aliphatic heterocycles. The van der Waals surface area contributed by atoms with Crippen LogP contribution < -0.4 is 4.72 Å². The summed E-state index contributed by atoms with van der Waals surface area (Å²) in [5, 5.41) is 11.3. The van der Waals surface area contributed by atoms with E-state index in [4.69, 9.17) is 9.15 Å². The van der Waals surface area contributed by atoms with Gasteiger partial charge in [-0.05, 0) is 38.1 Å². The van der Waals surface area contributed by atoms with Gasteiger partial charge in [-0.1, -0.05) is 0 Å². The van der Waals surface area contributed by atoms with Crippen LogP contribution in [0.5, 0.6) is 0 Å². The minimum atomic E-state index is -4.24. The van der Waals surface area contributed by atoms with Gasteiger partial charge in [-0.2, -0.15) is 4.39 Å². The van der Waals surface area contributed by atoms with Crippen molar-refractivity contribution in [3.63, 3.8) is 0 Å². The SMILES string of the molecule is CCOC(=O)c1c(C)oc2cc(NS(=O)(=O)c3ccc(F)c([N+](=O)[O-])c3)ccc12. The highest BCUT2D eigenvalue weighted by molar-refractivity contribution is 7.92. The van der Waals surface area contributed by atoms with Crippen LogP contribution in [0.1, 0.15) is 23.0 Å². The van der Waals surface area contributed by atoms with Crippen molar-refractivity contribution in [1.29, 1.82) is 0 Å². The van der Waals surface area contributed by atoms with Crippen molar-refractivity contribution in [1.82, 2.24) is 0 Å². The second-order valence-electron chi connectivity index (χ2n) is 5.94. The van der Waals surface area contributed by atoms with Crippen LogP contribution in [0.2, 0.25) is 0 Å². The second-order valence-corrected chi connectivity index (χ2v) is 7.62. The smallest absolute Gasteiger partial charge is 0.342 e. The molecular formula is C18H15FN2O7S. The Morgan fingerprint density at radius 1 is 1.28 bits per heavy atom. The number of benzene rings is 2. The van der Waals surface area contributed by atoms with Gasteiger partial charge in [0.05, 0.1) is 22.1 Å². The minimum absolute atomic E-state index is 0.0913. The molecule has 0 spiro atoms. The van der Waals surface area contributed by atoms with Gasteiger partial charge in [-0.15, -0.1) is 0 Å². The third kappa shape index (κ3) is 3.90. The van der Waals surface area contributed by atoms with Gasteiger partial charge in [0.2, 0.25) is 5.82 Å². The highest BCUT2D eigenvalue weighted by Gasteiger charge is 2.23. The summed E-state index contributed by atoms with van der Waals surface area (Å²) in [5.74, 6) is -1.39. The third-order valence-electron chi connectivity index (χ3n) is 4.02. The van der Waals surface area contributed by atoms with Crippen molar-refractivity contribution in [2.75, 3.05) is 11.3 Å². The first kappa shape index (κ1) is 20.3. The largest absolute Gasteiger partial charge is 0.462 e. The number of esters is 1.